The third-order valence-electron chi connectivity index (χ3n) is 7.29. The van der Waals surface area contributed by atoms with Crippen LogP contribution in [0, 0.1) is 17.2 Å². The number of amides is 3. The van der Waals surface area contributed by atoms with Gasteiger partial charge in [0.05, 0.1) is 23.2 Å². The summed E-state index contributed by atoms with van der Waals surface area (Å²) in [6.45, 7) is 7.55. The van der Waals surface area contributed by atoms with Gasteiger partial charge in [-0.05, 0) is 63.7 Å². The van der Waals surface area contributed by atoms with E-state index in [1.165, 1.54) is 16.2 Å². The third kappa shape index (κ3) is 6.78. The molecule has 2 aromatic carbocycles. The van der Waals surface area contributed by atoms with Crippen LogP contribution in [0.1, 0.15) is 58.7 Å². The highest BCUT2D eigenvalue weighted by Crippen LogP contribution is 2.35. The number of ether oxygens (including phenoxy) is 1. The van der Waals surface area contributed by atoms with Crippen LogP contribution in [-0.4, -0.2) is 65.0 Å². The van der Waals surface area contributed by atoms with Gasteiger partial charge in [0.2, 0.25) is 5.91 Å². The molecule has 1 fully saturated rings. The Morgan fingerprint density at radius 3 is 2.64 bits per heavy atom. The lowest BCUT2D eigenvalue weighted by atomic mass is 9.87. The van der Waals surface area contributed by atoms with Crippen molar-refractivity contribution >= 4 is 40.1 Å². The summed E-state index contributed by atoms with van der Waals surface area (Å²) in [5.74, 6) is -1.56. The maximum Gasteiger partial charge on any atom is 0.410 e. The zero-order valence-corrected chi connectivity index (χ0v) is 25.0. The Labute approximate surface area is 249 Å². The number of aromatic nitrogens is 1. The molecule has 5 rings (SSSR count). The van der Waals surface area contributed by atoms with Crippen molar-refractivity contribution in [3.8, 4) is 6.07 Å². The summed E-state index contributed by atoms with van der Waals surface area (Å²) in [6.07, 6.45) is 0.356. The number of carbonyl (C=O) groups excluding carboxylic acids is 3. The molecule has 0 radical (unpaired) electrons. The lowest BCUT2D eigenvalue weighted by molar-refractivity contribution is -0.119. The van der Waals surface area contributed by atoms with Crippen LogP contribution in [0.5, 0.6) is 0 Å². The highest BCUT2D eigenvalue weighted by Gasteiger charge is 2.42. The largest absolute Gasteiger partial charge is 0.444 e. The zero-order chi connectivity index (χ0) is 30.0. The summed E-state index contributed by atoms with van der Waals surface area (Å²) >= 11 is 1.49. The highest BCUT2D eigenvalue weighted by atomic mass is 32.1. The molecule has 3 amide bonds. The predicted molar refractivity (Wildman–Crippen MR) is 160 cm³/mol. The molecule has 1 saturated heterocycles. The van der Waals surface area contributed by atoms with Gasteiger partial charge in [-0.25, -0.2) is 9.78 Å². The Kier molecular flexibility index (Phi) is 8.29. The van der Waals surface area contributed by atoms with Crippen molar-refractivity contribution in [2.45, 2.75) is 45.3 Å². The molecule has 11 heteroatoms. The number of hydrogen-bond donors (Lipinski definition) is 2. The molecular formula is C31H34N6O4S. The fourth-order valence-electron chi connectivity index (χ4n) is 5.24. The van der Waals surface area contributed by atoms with Crippen molar-refractivity contribution in [2.75, 3.05) is 37.3 Å². The molecule has 3 heterocycles. The average molecular weight is 587 g/mol. The van der Waals surface area contributed by atoms with Crippen LogP contribution in [0.3, 0.4) is 0 Å². The first kappa shape index (κ1) is 29.2. The fraction of sp³-hybridized carbons (Fsp3) is 0.387. The molecule has 2 N–H and O–H groups in total. The number of likely N-dealkylation sites (N-methyl/N-ethyl adjacent to an activating group) is 1. The van der Waals surface area contributed by atoms with Crippen LogP contribution in [0.15, 0.2) is 48.5 Å². The van der Waals surface area contributed by atoms with E-state index in [0.717, 1.165) is 35.6 Å². The van der Waals surface area contributed by atoms with Crippen LogP contribution in [-0.2, 0) is 22.5 Å². The number of nitriles is 1. The number of rotatable bonds is 5. The quantitative estimate of drug-likeness (QED) is 0.438. The van der Waals surface area contributed by atoms with Crippen molar-refractivity contribution < 1.29 is 19.1 Å². The summed E-state index contributed by atoms with van der Waals surface area (Å²) in [5, 5.41) is 15.7. The van der Waals surface area contributed by atoms with Gasteiger partial charge in [-0.15, -0.1) is 11.3 Å². The van der Waals surface area contributed by atoms with E-state index in [9.17, 15) is 19.6 Å². The fourth-order valence-corrected chi connectivity index (χ4v) is 6.32. The second-order valence-electron chi connectivity index (χ2n) is 11.7. The molecule has 1 aromatic heterocycles. The minimum Gasteiger partial charge on any atom is -0.444 e. The second kappa shape index (κ2) is 11.9. The zero-order valence-electron chi connectivity index (χ0n) is 24.1. The van der Waals surface area contributed by atoms with Gasteiger partial charge in [0.1, 0.15) is 5.60 Å². The van der Waals surface area contributed by atoms with Gasteiger partial charge in [0.15, 0.2) is 5.13 Å². The maximum atomic E-state index is 13.6. The molecular weight excluding hydrogens is 552 g/mol. The number of fused-ring (bicyclic) bond motifs is 1. The van der Waals surface area contributed by atoms with Crippen molar-refractivity contribution in [3.05, 3.63) is 75.8 Å². The van der Waals surface area contributed by atoms with Crippen molar-refractivity contribution in [3.63, 3.8) is 0 Å². The molecule has 10 nitrogen and oxygen atoms in total. The lowest BCUT2D eigenvalue weighted by Crippen LogP contribution is -2.36. The number of likely N-dealkylation sites (tertiary alicyclic amines) is 1. The van der Waals surface area contributed by atoms with Gasteiger partial charge in [-0.1, -0.05) is 18.2 Å². The molecule has 0 saturated carbocycles. The molecule has 0 aliphatic carbocycles. The van der Waals surface area contributed by atoms with E-state index in [1.54, 1.807) is 63.2 Å². The van der Waals surface area contributed by atoms with E-state index in [1.807, 2.05) is 6.07 Å². The van der Waals surface area contributed by atoms with Gasteiger partial charge in [-0.3, -0.25) is 14.9 Å². The van der Waals surface area contributed by atoms with E-state index in [4.69, 9.17) is 4.74 Å². The number of nitrogens with one attached hydrogen (secondary N) is 2. The molecule has 2 atom stereocenters. The van der Waals surface area contributed by atoms with E-state index in [0.29, 0.717) is 21.9 Å². The summed E-state index contributed by atoms with van der Waals surface area (Å²) in [4.78, 5) is 49.4. The Morgan fingerprint density at radius 1 is 1.10 bits per heavy atom. The molecule has 2 aliphatic rings. The molecule has 42 heavy (non-hydrogen) atoms. The standard InChI is InChI=1S/C31H34N6O4S/c1-31(2,3)41-30(40)37-16-23(24(17-37)28(39)33-22-10-5-7-19(13-22)15-32)20-8-6-9-21(14-20)27(38)35-29-34-25-11-12-36(4)18-26(25)42-29/h5-10,13-14,23-24H,11-12,16-18H2,1-4H3,(H,33,39)(H,34,35,38). The first-order chi connectivity index (χ1) is 20.0. The average Bonchev–Trinajstić information content (AvgIpc) is 3.56. The van der Waals surface area contributed by atoms with E-state index < -0.39 is 17.6 Å². The highest BCUT2D eigenvalue weighted by molar-refractivity contribution is 7.15. The molecule has 0 bridgehead atoms. The topological polar surface area (TPSA) is 128 Å². The van der Waals surface area contributed by atoms with Gasteiger partial charge in [-0.2, -0.15) is 5.26 Å². The maximum absolute atomic E-state index is 13.6. The SMILES string of the molecule is CN1CCc2nc(NC(=O)c3cccc(C4CN(C(=O)OC(C)(C)C)CC4C(=O)Nc4cccc(C#N)c4)c3)sc2C1. The van der Waals surface area contributed by atoms with Crippen molar-refractivity contribution in [1.82, 2.24) is 14.8 Å². The smallest absolute Gasteiger partial charge is 0.410 e. The molecule has 218 valence electrons. The van der Waals surface area contributed by atoms with Crippen LogP contribution in [0.2, 0.25) is 0 Å². The Balaban J connectivity index is 1.37. The normalized spacial score (nSPS) is 18.6. The summed E-state index contributed by atoms with van der Waals surface area (Å²) in [5.41, 5.74) is 2.48. The van der Waals surface area contributed by atoms with Crippen LogP contribution < -0.4 is 10.6 Å². The van der Waals surface area contributed by atoms with Crippen LogP contribution in [0.25, 0.3) is 0 Å². The first-order valence-corrected chi connectivity index (χ1v) is 14.7. The second-order valence-corrected chi connectivity index (χ2v) is 12.8. The predicted octanol–water partition coefficient (Wildman–Crippen LogP) is 4.84. The Bertz CT molecular complexity index is 1560. The summed E-state index contributed by atoms with van der Waals surface area (Å²) in [7, 11) is 2.07. The number of benzene rings is 2. The molecule has 2 unspecified atom stereocenters. The van der Waals surface area contributed by atoms with Gasteiger partial charge < -0.3 is 19.9 Å². The lowest BCUT2D eigenvalue weighted by Gasteiger charge is -2.24. The van der Waals surface area contributed by atoms with E-state index in [-0.39, 0.29) is 30.8 Å². The molecule has 3 aromatic rings. The number of hydrogen-bond acceptors (Lipinski definition) is 8. The number of carbonyl (C=O) groups is 3. The Morgan fingerprint density at radius 2 is 1.88 bits per heavy atom. The van der Waals surface area contributed by atoms with Crippen molar-refractivity contribution in [1.29, 1.82) is 5.26 Å². The number of thiazole rings is 1. The molecule has 0 spiro atoms. The first-order valence-electron chi connectivity index (χ1n) is 13.9. The molecule has 2 aliphatic heterocycles. The monoisotopic (exact) mass is 586 g/mol. The minimum atomic E-state index is -0.687. The van der Waals surface area contributed by atoms with E-state index in [2.05, 4.69) is 33.6 Å². The van der Waals surface area contributed by atoms with E-state index >= 15 is 0 Å². The summed E-state index contributed by atoms with van der Waals surface area (Å²) < 4.78 is 5.60. The Hall–Kier alpha value is -4.27. The van der Waals surface area contributed by atoms with Gasteiger partial charge in [0, 0.05) is 54.6 Å². The summed E-state index contributed by atoms with van der Waals surface area (Å²) in [6, 6.07) is 15.9. The van der Waals surface area contributed by atoms with Crippen LogP contribution in [0.4, 0.5) is 15.6 Å². The number of anilines is 2. The van der Waals surface area contributed by atoms with Crippen LogP contribution >= 0.6 is 11.3 Å². The van der Waals surface area contributed by atoms with Gasteiger partial charge >= 0.3 is 6.09 Å². The number of nitrogens with zero attached hydrogens (tertiary/aromatic N) is 4. The van der Waals surface area contributed by atoms with Gasteiger partial charge in [0.25, 0.3) is 5.91 Å². The van der Waals surface area contributed by atoms with Crippen molar-refractivity contribution in [2.24, 2.45) is 5.92 Å². The third-order valence-corrected chi connectivity index (χ3v) is 8.28. The minimum absolute atomic E-state index is 0.152.